The monoisotopic (exact) mass is 829 g/mol. The normalized spacial score (nSPS) is 13.4. The Bertz CT molecular complexity index is 3460. The van der Waals surface area contributed by atoms with E-state index in [1.54, 1.807) is 0 Å². The average Bonchev–Trinajstić information content (AvgIpc) is 3.75. The molecule has 10 aromatic carbocycles. The van der Waals surface area contributed by atoms with Crippen LogP contribution in [0.1, 0.15) is 22.3 Å². The average molecular weight is 830 g/mol. The van der Waals surface area contributed by atoms with Crippen LogP contribution in [0.4, 0.5) is 17.1 Å². The van der Waals surface area contributed by atoms with Crippen LogP contribution in [0, 0.1) is 0 Å². The summed E-state index contributed by atoms with van der Waals surface area (Å²) in [6.45, 7) is -0.00406. The van der Waals surface area contributed by atoms with Gasteiger partial charge in [-0.1, -0.05) is 212 Å². The highest BCUT2D eigenvalue weighted by atomic mass is 32.1. The molecule has 1 aromatic heterocycles. The van der Waals surface area contributed by atoms with Gasteiger partial charge in [-0.15, -0.1) is 11.3 Å². The quantitative estimate of drug-likeness (QED) is 0.151. The van der Waals surface area contributed by atoms with Gasteiger partial charge in [-0.2, -0.15) is 0 Å². The van der Waals surface area contributed by atoms with Gasteiger partial charge in [-0.25, -0.2) is 0 Å². The van der Waals surface area contributed by atoms with Gasteiger partial charge in [0.1, 0.15) is 0 Å². The van der Waals surface area contributed by atoms with Crippen molar-refractivity contribution in [3.63, 3.8) is 0 Å². The maximum atomic E-state index is 2.63. The smallest absolute Gasteiger partial charge is 0.247 e. The molecule has 2 aliphatic rings. The number of thiophene rings is 1. The van der Waals surface area contributed by atoms with Gasteiger partial charge in [-0.05, 0) is 91.8 Å². The Hall–Kier alpha value is -7.72. The highest BCUT2D eigenvalue weighted by Crippen LogP contribution is 2.53. The summed E-state index contributed by atoms with van der Waals surface area (Å²) in [6, 6.07) is 90.8. The summed E-state index contributed by atoms with van der Waals surface area (Å²) in [5.41, 5.74) is 19.2. The van der Waals surface area contributed by atoms with Crippen molar-refractivity contribution in [3.05, 3.63) is 265 Å². The van der Waals surface area contributed by atoms with Crippen molar-refractivity contribution in [1.29, 1.82) is 0 Å². The summed E-state index contributed by atoms with van der Waals surface area (Å²) in [7, 11) is 0. The summed E-state index contributed by atoms with van der Waals surface area (Å²) in [4.78, 5) is 2.63. The molecule has 0 unspecified atom stereocenters. The number of para-hydroxylation sites is 2. The highest BCUT2D eigenvalue weighted by Gasteiger charge is 2.51. The van der Waals surface area contributed by atoms with Crippen molar-refractivity contribution in [1.82, 2.24) is 0 Å². The zero-order valence-electron chi connectivity index (χ0n) is 35.0. The summed E-state index contributed by atoms with van der Waals surface area (Å²) in [6.07, 6.45) is 0. The summed E-state index contributed by atoms with van der Waals surface area (Å²) >= 11 is 1.87. The molecule has 1 nitrogen and oxygen atoms in total. The molecule has 2 aliphatic heterocycles. The second-order valence-electron chi connectivity index (χ2n) is 17.1. The number of nitrogens with zero attached hydrogens (tertiary/aromatic N) is 1. The SMILES string of the molecule is c1ccc(-c2cccc(-c3ccccc3)c2N2c3ccccc3B3c4ccccc4C(c4ccccc4)(c4ccccc4)c4cc(-c5ccc6sc7ccccc7c6c5)cc2c43)cc1. The topological polar surface area (TPSA) is 3.24 Å². The summed E-state index contributed by atoms with van der Waals surface area (Å²) < 4.78 is 2.62. The Balaban J connectivity index is 1.22. The minimum Gasteiger partial charge on any atom is -0.310 e. The van der Waals surface area contributed by atoms with E-state index >= 15 is 0 Å². The fourth-order valence-corrected chi connectivity index (χ4v) is 12.3. The second kappa shape index (κ2) is 14.7. The van der Waals surface area contributed by atoms with E-state index < -0.39 is 5.41 Å². The highest BCUT2D eigenvalue weighted by molar-refractivity contribution is 7.25. The van der Waals surface area contributed by atoms with E-state index in [0.29, 0.717) is 0 Å². The Labute approximate surface area is 378 Å². The molecule has 13 rings (SSSR count). The molecule has 0 atom stereocenters. The third kappa shape index (κ3) is 5.44. The first kappa shape index (κ1) is 36.9. The predicted molar refractivity (Wildman–Crippen MR) is 273 cm³/mol. The first-order valence-corrected chi connectivity index (χ1v) is 23.0. The number of anilines is 3. The zero-order chi connectivity index (χ0) is 42.2. The van der Waals surface area contributed by atoms with Gasteiger partial charge in [-0.3, -0.25) is 0 Å². The van der Waals surface area contributed by atoms with Crippen molar-refractivity contribution in [2.45, 2.75) is 5.41 Å². The molecule has 0 saturated carbocycles. The van der Waals surface area contributed by atoms with Crippen LogP contribution in [-0.2, 0) is 5.41 Å². The molecule has 3 heteroatoms. The van der Waals surface area contributed by atoms with Crippen LogP contribution in [0.3, 0.4) is 0 Å². The Morgan fingerprint density at radius 1 is 0.359 bits per heavy atom. The molecule has 64 heavy (non-hydrogen) atoms. The third-order valence-electron chi connectivity index (χ3n) is 13.8. The maximum absolute atomic E-state index is 2.63. The summed E-state index contributed by atoms with van der Waals surface area (Å²) in [5.74, 6) is 0. The van der Waals surface area contributed by atoms with Crippen LogP contribution in [0.15, 0.2) is 243 Å². The van der Waals surface area contributed by atoms with Gasteiger partial charge < -0.3 is 4.90 Å². The predicted octanol–water partition coefficient (Wildman–Crippen LogP) is 14.1. The van der Waals surface area contributed by atoms with Gasteiger partial charge in [0.15, 0.2) is 0 Å². The molecule has 0 radical (unpaired) electrons. The van der Waals surface area contributed by atoms with Crippen LogP contribution >= 0.6 is 11.3 Å². The number of benzene rings is 10. The molecule has 0 amide bonds. The van der Waals surface area contributed by atoms with Crippen molar-refractivity contribution < 1.29 is 0 Å². The minimum absolute atomic E-state index is 0.00406. The van der Waals surface area contributed by atoms with Crippen LogP contribution in [0.5, 0.6) is 0 Å². The van der Waals surface area contributed by atoms with E-state index in [4.69, 9.17) is 0 Å². The van der Waals surface area contributed by atoms with Gasteiger partial charge in [0, 0.05) is 42.7 Å². The first-order chi connectivity index (χ1) is 31.8. The molecule has 11 aromatic rings. The lowest BCUT2D eigenvalue weighted by Gasteiger charge is -2.49. The molecule has 298 valence electrons. The fraction of sp³-hybridized carbons (Fsp3) is 0.0164. The minimum atomic E-state index is -0.631. The Morgan fingerprint density at radius 2 is 0.922 bits per heavy atom. The largest absolute Gasteiger partial charge is 0.310 e. The van der Waals surface area contributed by atoms with Crippen LogP contribution in [0.25, 0.3) is 53.6 Å². The number of hydrogen-bond acceptors (Lipinski definition) is 2. The molecule has 0 bridgehead atoms. The van der Waals surface area contributed by atoms with E-state index in [0.717, 1.165) is 0 Å². The lowest BCUT2D eigenvalue weighted by Crippen LogP contribution is -2.65. The maximum Gasteiger partial charge on any atom is 0.247 e. The molecule has 0 aliphatic carbocycles. The van der Waals surface area contributed by atoms with Crippen molar-refractivity contribution in [3.8, 4) is 33.4 Å². The van der Waals surface area contributed by atoms with Gasteiger partial charge in [0.05, 0.1) is 11.1 Å². The van der Waals surface area contributed by atoms with Crippen LogP contribution in [-0.4, -0.2) is 6.71 Å². The van der Waals surface area contributed by atoms with E-state index in [-0.39, 0.29) is 6.71 Å². The second-order valence-corrected chi connectivity index (χ2v) is 18.2. The molecule has 0 spiro atoms. The van der Waals surface area contributed by atoms with Gasteiger partial charge in [0.2, 0.25) is 6.71 Å². The molecule has 0 fully saturated rings. The molecular formula is C61H40BNS. The summed E-state index contributed by atoms with van der Waals surface area (Å²) in [5, 5.41) is 2.61. The lowest BCUT2D eigenvalue weighted by molar-refractivity contribution is 0.751. The lowest BCUT2D eigenvalue weighted by atomic mass is 9.29. The Morgan fingerprint density at radius 3 is 1.61 bits per heavy atom. The molecule has 3 heterocycles. The van der Waals surface area contributed by atoms with Crippen LogP contribution in [0.2, 0.25) is 0 Å². The van der Waals surface area contributed by atoms with Crippen molar-refractivity contribution in [2.24, 2.45) is 0 Å². The van der Waals surface area contributed by atoms with Crippen LogP contribution < -0.4 is 21.3 Å². The van der Waals surface area contributed by atoms with Gasteiger partial charge >= 0.3 is 0 Å². The first-order valence-electron chi connectivity index (χ1n) is 22.2. The Kier molecular flexibility index (Phi) is 8.47. The zero-order valence-corrected chi connectivity index (χ0v) is 35.8. The van der Waals surface area contributed by atoms with E-state index in [1.807, 2.05) is 11.3 Å². The number of hydrogen-bond donors (Lipinski definition) is 0. The molecule has 0 N–H and O–H groups in total. The fourth-order valence-electron chi connectivity index (χ4n) is 11.2. The number of fused-ring (bicyclic) bond motifs is 7. The third-order valence-corrected chi connectivity index (χ3v) is 15.0. The molecular weight excluding hydrogens is 790 g/mol. The number of rotatable bonds is 6. The van der Waals surface area contributed by atoms with E-state index in [9.17, 15) is 0 Å². The standard InChI is InChI=1S/C61H40BNS/c1-5-20-41(21-6-1)47-29-19-30-48(42-22-7-2-8-23-42)60(47)63-55-34-17-16-33-54(55)62-53-32-15-14-31-51(53)61(45-24-9-3-10-25-45,46-26-11-4-12-27-46)52-39-44(40-56(63)59(52)62)43-36-37-58-50(38-43)49-28-13-18-35-57(49)64-58/h1-40H. The molecule has 0 saturated heterocycles. The van der Waals surface area contributed by atoms with Crippen molar-refractivity contribution >= 4 is 71.7 Å². The van der Waals surface area contributed by atoms with Crippen molar-refractivity contribution in [2.75, 3.05) is 4.90 Å². The van der Waals surface area contributed by atoms with E-state index in [2.05, 4.69) is 248 Å². The van der Waals surface area contributed by atoms with E-state index in [1.165, 1.54) is 109 Å². The van der Waals surface area contributed by atoms with Gasteiger partial charge in [0.25, 0.3) is 0 Å².